The highest BCUT2D eigenvalue weighted by Gasteiger charge is 2.20. The second-order valence-corrected chi connectivity index (χ2v) is 9.33. The van der Waals surface area contributed by atoms with Gasteiger partial charge in [-0.05, 0) is 58.2 Å². The molecule has 1 amide bonds. The first-order chi connectivity index (χ1) is 15.3. The molecule has 0 bridgehead atoms. The molecule has 0 atom stereocenters. The Bertz CT molecular complexity index is 1200. The average Bonchev–Trinajstić information content (AvgIpc) is 3.17. The first-order valence-corrected chi connectivity index (χ1v) is 12.3. The zero-order valence-corrected chi connectivity index (χ0v) is 19.9. The summed E-state index contributed by atoms with van der Waals surface area (Å²) >= 11 is 1.18. The van der Waals surface area contributed by atoms with Crippen LogP contribution in [0.5, 0.6) is 17.2 Å². The third-order valence-corrected chi connectivity index (χ3v) is 6.68. The first-order valence-electron chi connectivity index (χ1n) is 10.0. The number of hydrogen-bond acceptors (Lipinski definition) is 8. The number of hydrogen-bond donors (Lipinski definition) is 2. The van der Waals surface area contributed by atoms with E-state index in [0.29, 0.717) is 58.0 Å². The number of amides is 1. The van der Waals surface area contributed by atoms with Crippen LogP contribution < -0.4 is 24.2 Å². The van der Waals surface area contributed by atoms with Crippen molar-refractivity contribution in [2.75, 3.05) is 32.2 Å². The summed E-state index contributed by atoms with van der Waals surface area (Å²) in [6, 6.07) is 7.78. The van der Waals surface area contributed by atoms with Gasteiger partial charge in [0.15, 0.2) is 16.6 Å². The fourth-order valence-electron chi connectivity index (χ4n) is 2.93. The lowest BCUT2D eigenvalue weighted by molar-refractivity contribution is 0.102. The normalized spacial score (nSPS) is 11.4. The van der Waals surface area contributed by atoms with Crippen LogP contribution in [-0.4, -0.2) is 46.2 Å². The molecule has 0 unspecified atom stereocenters. The monoisotopic (exact) mass is 479 g/mol. The maximum atomic E-state index is 12.9. The summed E-state index contributed by atoms with van der Waals surface area (Å²) in [5.41, 5.74) is 0.898. The summed E-state index contributed by atoms with van der Waals surface area (Å²) < 4.78 is 44.0. The molecule has 2 aromatic carbocycles. The van der Waals surface area contributed by atoms with Gasteiger partial charge in [0.25, 0.3) is 5.91 Å². The second kappa shape index (κ2) is 10.2. The number of anilines is 1. The number of rotatable bonds is 10. The van der Waals surface area contributed by atoms with Crippen LogP contribution in [0.2, 0.25) is 0 Å². The van der Waals surface area contributed by atoms with Crippen LogP contribution in [0.4, 0.5) is 5.13 Å². The molecule has 1 aromatic heterocycles. The molecule has 32 heavy (non-hydrogen) atoms. The van der Waals surface area contributed by atoms with E-state index in [-0.39, 0.29) is 4.90 Å². The highest BCUT2D eigenvalue weighted by molar-refractivity contribution is 7.89. The standard InChI is InChI=1S/C21H25N3O6S2/c1-5-28-16-10-13(11-17(29-6-2)19(16)30-7-3)20(25)24-21-23-15-9-8-14(12-18(15)31-21)32(26,27)22-4/h8-12,22H,5-7H2,1-4H3,(H,23,24,25). The van der Waals surface area contributed by atoms with Gasteiger partial charge in [0.05, 0.1) is 34.9 Å². The quantitative estimate of drug-likeness (QED) is 0.456. The summed E-state index contributed by atoms with van der Waals surface area (Å²) in [5.74, 6) is 0.872. The van der Waals surface area contributed by atoms with Crippen LogP contribution >= 0.6 is 11.3 Å². The largest absolute Gasteiger partial charge is 0.490 e. The number of ether oxygens (including phenoxy) is 3. The average molecular weight is 480 g/mol. The van der Waals surface area contributed by atoms with Crippen LogP contribution in [0, 0.1) is 0 Å². The van der Waals surface area contributed by atoms with Gasteiger partial charge in [-0.1, -0.05) is 11.3 Å². The van der Waals surface area contributed by atoms with Gasteiger partial charge < -0.3 is 14.2 Å². The highest BCUT2D eigenvalue weighted by Crippen LogP contribution is 2.39. The number of sulfonamides is 1. The van der Waals surface area contributed by atoms with Crippen LogP contribution in [0.1, 0.15) is 31.1 Å². The SMILES string of the molecule is CCOc1cc(C(=O)Nc2nc3ccc(S(=O)(=O)NC)cc3s2)cc(OCC)c1OCC. The smallest absolute Gasteiger partial charge is 0.257 e. The van der Waals surface area contributed by atoms with E-state index in [0.717, 1.165) is 0 Å². The molecule has 0 fully saturated rings. The Balaban J connectivity index is 1.92. The molecule has 0 radical (unpaired) electrons. The Kier molecular flexibility index (Phi) is 7.54. The second-order valence-electron chi connectivity index (χ2n) is 6.41. The Morgan fingerprint density at radius 3 is 2.19 bits per heavy atom. The van der Waals surface area contributed by atoms with Crippen molar-refractivity contribution in [1.29, 1.82) is 0 Å². The molecule has 3 aromatic rings. The van der Waals surface area contributed by atoms with Gasteiger partial charge in [-0.25, -0.2) is 18.1 Å². The maximum Gasteiger partial charge on any atom is 0.257 e. The molecule has 0 aliphatic heterocycles. The topological polar surface area (TPSA) is 116 Å². The van der Waals surface area contributed by atoms with Crippen molar-refractivity contribution < 1.29 is 27.4 Å². The molecular formula is C21H25N3O6S2. The lowest BCUT2D eigenvalue weighted by Crippen LogP contribution is -2.18. The molecule has 3 rings (SSSR count). The van der Waals surface area contributed by atoms with Crippen LogP contribution in [0.3, 0.4) is 0 Å². The van der Waals surface area contributed by atoms with E-state index in [1.54, 1.807) is 18.2 Å². The number of fused-ring (bicyclic) bond motifs is 1. The molecule has 0 saturated heterocycles. The molecule has 0 aliphatic rings. The Hall–Kier alpha value is -2.89. The summed E-state index contributed by atoms with van der Waals surface area (Å²) in [4.78, 5) is 17.4. The predicted molar refractivity (Wildman–Crippen MR) is 124 cm³/mol. The molecule has 0 saturated carbocycles. The van der Waals surface area contributed by atoms with Crippen molar-refractivity contribution in [3.63, 3.8) is 0 Å². The number of benzene rings is 2. The number of carbonyl (C=O) groups excluding carboxylic acids is 1. The van der Waals surface area contributed by atoms with Gasteiger partial charge in [-0.2, -0.15) is 0 Å². The van der Waals surface area contributed by atoms with Crippen molar-refractivity contribution >= 4 is 42.6 Å². The van der Waals surface area contributed by atoms with Crippen molar-refractivity contribution in [3.8, 4) is 17.2 Å². The van der Waals surface area contributed by atoms with E-state index in [4.69, 9.17) is 14.2 Å². The van der Waals surface area contributed by atoms with Gasteiger partial charge in [0.2, 0.25) is 15.8 Å². The fraction of sp³-hybridized carbons (Fsp3) is 0.333. The number of thiazole rings is 1. The van der Waals surface area contributed by atoms with Crippen LogP contribution in [0.25, 0.3) is 10.2 Å². The lowest BCUT2D eigenvalue weighted by atomic mass is 10.1. The minimum absolute atomic E-state index is 0.128. The van der Waals surface area contributed by atoms with Crippen LogP contribution in [0.15, 0.2) is 35.2 Å². The van der Waals surface area contributed by atoms with E-state index in [1.807, 2.05) is 20.8 Å². The van der Waals surface area contributed by atoms with Gasteiger partial charge >= 0.3 is 0 Å². The molecule has 172 valence electrons. The minimum atomic E-state index is -3.57. The number of nitrogens with one attached hydrogen (secondary N) is 2. The van der Waals surface area contributed by atoms with E-state index >= 15 is 0 Å². The summed E-state index contributed by atoms with van der Waals surface area (Å²) in [6.45, 7) is 6.74. The number of aromatic nitrogens is 1. The molecule has 0 aliphatic carbocycles. The van der Waals surface area contributed by atoms with Crippen molar-refractivity contribution in [2.24, 2.45) is 0 Å². The maximum absolute atomic E-state index is 12.9. The number of carbonyl (C=O) groups is 1. The van der Waals surface area contributed by atoms with Gasteiger partial charge in [-0.15, -0.1) is 0 Å². The van der Waals surface area contributed by atoms with E-state index in [2.05, 4.69) is 15.0 Å². The number of nitrogens with zero attached hydrogens (tertiary/aromatic N) is 1. The Morgan fingerprint density at radius 2 is 1.62 bits per heavy atom. The first kappa shape index (κ1) is 23.8. The molecule has 1 heterocycles. The molecule has 9 nitrogen and oxygen atoms in total. The van der Waals surface area contributed by atoms with E-state index in [9.17, 15) is 13.2 Å². The highest BCUT2D eigenvalue weighted by atomic mass is 32.2. The third-order valence-electron chi connectivity index (χ3n) is 4.33. The van der Waals surface area contributed by atoms with Crippen molar-refractivity contribution in [1.82, 2.24) is 9.71 Å². The fourth-order valence-corrected chi connectivity index (χ4v) is 4.66. The Labute approximate surface area is 190 Å². The van der Waals surface area contributed by atoms with Crippen LogP contribution in [-0.2, 0) is 10.0 Å². The Morgan fingerprint density at radius 1 is 1.00 bits per heavy atom. The summed E-state index contributed by atoms with van der Waals surface area (Å²) in [7, 11) is -2.23. The zero-order chi connectivity index (χ0) is 23.3. The van der Waals surface area contributed by atoms with E-state index in [1.165, 1.54) is 30.5 Å². The zero-order valence-electron chi connectivity index (χ0n) is 18.2. The molecule has 0 spiro atoms. The van der Waals surface area contributed by atoms with Crippen molar-refractivity contribution in [3.05, 3.63) is 35.9 Å². The van der Waals surface area contributed by atoms with Gasteiger partial charge in [0.1, 0.15) is 0 Å². The van der Waals surface area contributed by atoms with E-state index < -0.39 is 15.9 Å². The van der Waals surface area contributed by atoms with Gasteiger partial charge in [0, 0.05) is 5.56 Å². The third kappa shape index (κ3) is 5.12. The van der Waals surface area contributed by atoms with Gasteiger partial charge in [-0.3, -0.25) is 10.1 Å². The van der Waals surface area contributed by atoms with Crippen molar-refractivity contribution in [2.45, 2.75) is 25.7 Å². The predicted octanol–water partition coefficient (Wildman–Crippen LogP) is 3.65. The summed E-state index contributed by atoms with van der Waals surface area (Å²) in [5, 5.41) is 3.10. The molecular weight excluding hydrogens is 454 g/mol. The molecule has 11 heteroatoms. The molecule has 2 N–H and O–H groups in total. The lowest BCUT2D eigenvalue weighted by Gasteiger charge is -2.16. The summed E-state index contributed by atoms with van der Waals surface area (Å²) in [6.07, 6.45) is 0. The minimum Gasteiger partial charge on any atom is -0.490 e.